The molecule has 29 heavy (non-hydrogen) atoms. The highest BCUT2D eigenvalue weighted by Crippen LogP contribution is 2.41. The Morgan fingerprint density at radius 2 is 1.86 bits per heavy atom. The van der Waals surface area contributed by atoms with Crippen LogP contribution >= 0.6 is 0 Å². The van der Waals surface area contributed by atoms with Crippen LogP contribution in [0.15, 0.2) is 36.4 Å². The Labute approximate surface area is 166 Å². The van der Waals surface area contributed by atoms with Crippen molar-refractivity contribution in [2.45, 2.75) is 51.4 Å². The predicted molar refractivity (Wildman–Crippen MR) is 101 cm³/mol. The molecular weight excluding hydrogens is 386 g/mol. The molecule has 2 N–H and O–H groups in total. The molecule has 156 valence electrons. The zero-order chi connectivity index (χ0) is 21.3. The second kappa shape index (κ2) is 8.14. The summed E-state index contributed by atoms with van der Waals surface area (Å²) in [6.07, 6.45) is -2.63. The highest BCUT2D eigenvalue weighted by atomic mass is 19.4. The van der Waals surface area contributed by atoms with Gasteiger partial charge >= 0.3 is 6.18 Å². The predicted octanol–water partition coefficient (Wildman–Crippen LogP) is 5.17. The molecule has 0 radical (unpaired) electrons. The van der Waals surface area contributed by atoms with E-state index in [0.29, 0.717) is 5.56 Å². The lowest BCUT2D eigenvalue weighted by atomic mass is 9.95. The van der Waals surface area contributed by atoms with Gasteiger partial charge in [0.05, 0.1) is 18.6 Å². The van der Waals surface area contributed by atoms with E-state index in [4.69, 9.17) is 0 Å². The summed E-state index contributed by atoms with van der Waals surface area (Å²) < 4.78 is 53.0. The number of aliphatic hydroxyl groups excluding tert-OH is 1. The number of alkyl halides is 3. The molecule has 2 aromatic rings. The molecule has 1 saturated carbocycles. The molecule has 2 aromatic carbocycles. The third-order valence-electron chi connectivity index (χ3n) is 5.37. The van der Waals surface area contributed by atoms with Crippen LogP contribution in [0.4, 0.5) is 17.6 Å². The number of benzene rings is 2. The van der Waals surface area contributed by atoms with Crippen molar-refractivity contribution >= 4 is 5.91 Å². The summed E-state index contributed by atoms with van der Waals surface area (Å²) in [7, 11) is 0. The minimum absolute atomic E-state index is 0.0622. The minimum Gasteiger partial charge on any atom is -0.392 e. The third-order valence-corrected chi connectivity index (χ3v) is 5.37. The first kappa shape index (κ1) is 21.3. The van der Waals surface area contributed by atoms with Gasteiger partial charge in [-0.05, 0) is 73.1 Å². The molecule has 0 spiro atoms. The average molecular weight is 409 g/mol. The summed E-state index contributed by atoms with van der Waals surface area (Å²) >= 11 is 0. The van der Waals surface area contributed by atoms with Gasteiger partial charge in [0.25, 0.3) is 5.91 Å². The van der Waals surface area contributed by atoms with Crippen LogP contribution in [0.2, 0.25) is 0 Å². The first-order chi connectivity index (χ1) is 13.6. The molecule has 0 aromatic heterocycles. The van der Waals surface area contributed by atoms with Crippen LogP contribution in [-0.2, 0) is 6.61 Å². The van der Waals surface area contributed by atoms with Gasteiger partial charge in [-0.15, -0.1) is 0 Å². The molecule has 1 aliphatic rings. The average Bonchev–Trinajstić information content (AvgIpc) is 3.51. The van der Waals surface area contributed by atoms with E-state index in [2.05, 4.69) is 5.32 Å². The Hall–Kier alpha value is -2.41. The molecule has 0 heterocycles. The first-order valence-corrected chi connectivity index (χ1v) is 9.48. The number of carbonyl (C=O) groups excluding carboxylic acids is 1. The summed E-state index contributed by atoms with van der Waals surface area (Å²) in [6.45, 7) is 2.19. The second-order valence-corrected chi connectivity index (χ2v) is 7.68. The van der Waals surface area contributed by atoms with Crippen LogP contribution in [0, 0.1) is 18.7 Å². The summed E-state index contributed by atoms with van der Waals surface area (Å²) in [5.74, 6) is -2.41. The topological polar surface area (TPSA) is 49.3 Å². The highest BCUT2D eigenvalue weighted by Gasteiger charge is 2.38. The Kier molecular flexibility index (Phi) is 5.98. The van der Waals surface area contributed by atoms with E-state index in [0.717, 1.165) is 25.3 Å². The van der Waals surface area contributed by atoms with Crippen molar-refractivity contribution in [1.29, 1.82) is 0 Å². The number of hydrogen-bond donors (Lipinski definition) is 2. The number of amides is 1. The van der Waals surface area contributed by atoms with E-state index in [1.54, 1.807) is 19.1 Å². The van der Waals surface area contributed by atoms with E-state index in [-0.39, 0.29) is 34.5 Å². The Morgan fingerprint density at radius 3 is 2.41 bits per heavy atom. The SMILES string of the molecule is Cc1cc([C@@H](NC(=O)c2cc(CO)cc([C@H](C)C(F)(F)F)c2)C2CC2)ccc1F. The van der Waals surface area contributed by atoms with Gasteiger partial charge < -0.3 is 10.4 Å². The van der Waals surface area contributed by atoms with E-state index in [1.807, 2.05) is 0 Å². The molecule has 1 amide bonds. The van der Waals surface area contributed by atoms with Crippen molar-refractivity contribution in [1.82, 2.24) is 5.32 Å². The van der Waals surface area contributed by atoms with Crippen molar-refractivity contribution in [3.05, 3.63) is 70.0 Å². The van der Waals surface area contributed by atoms with Crippen LogP contribution in [-0.4, -0.2) is 17.2 Å². The second-order valence-electron chi connectivity index (χ2n) is 7.68. The zero-order valence-electron chi connectivity index (χ0n) is 16.2. The van der Waals surface area contributed by atoms with Gasteiger partial charge in [-0.3, -0.25) is 4.79 Å². The Bertz CT molecular complexity index is 906. The van der Waals surface area contributed by atoms with Crippen LogP contribution in [0.25, 0.3) is 0 Å². The maximum atomic E-state index is 13.6. The normalized spacial score (nSPS) is 16.4. The standard InChI is InChI=1S/C22H23F4NO2/c1-12-7-16(5-6-19(12)23)20(15-3-4-15)27-21(29)18-9-14(11-28)8-17(10-18)13(2)22(24,25)26/h5-10,13,15,20,28H,3-4,11H2,1-2H3,(H,27,29)/t13-,20-/m0/s1. The molecule has 1 aliphatic carbocycles. The van der Waals surface area contributed by atoms with Gasteiger partial charge in [0, 0.05) is 5.56 Å². The summed E-state index contributed by atoms with van der Waals surface area (Å²) in [4.78, 5) is 12.9. The zero-order valence-corrected chi connectivity index (χ0v) is 16.2. The largest absolute Gasteiger partial charge is 0.395 e. The highest BCUT2D eigenvalue weighted by molar-refractivity contribution is 5.95. The van der Waals surface area contributed by atoms with Gasteiger partial charge in [0.15, 0.2) is 0 Å². The molecule has 0 saturated heterocycles. The number of carbonyl (C=O) groups is 1. The van der Waals surface area contributed by atoms with Crippen molar-refractivity contribution in [3.8, 4) is 0 Å². The Morgan fingerprint density at radius 1 is 1.17 bits per heavy atom. The summed E-state index contributed by atoms with van der Waals surface area (Å²) in [6, 6.07) is 8.17. The van der Waals surface area contributed by atoms with Crippen LogP contribution < -0.4 is 5.32 Å². The van der Waals surface area contributed by atoms with Crippen LogP contribution in [0.1, 0.15) is 64.3 Å². The monoisotopic (exact) mass is 409 g/mol. The lowest BCUT2D eigenvalue weighted by molar-refractivity contribution is -0.146. The number of halogens is 4. The number of aliphatic hydroxyl groups is 1. The van der Waals surface area contributed by atoms with Crippen molar-refractivity contribution in [2.24, 2.45) is 5.92 Å². The number of rotatable bonds is 6. The van der Waals surface area contributed by atoms with Crippen molar-refractivity contribution in [2.75, 3.05) is 0 Å². The fourth-order valence-electron chi connectivity index (χ4n) is 3.37. The fourth-order valence-corrected chi connectivity index (χ4v) is 3.37. The summed E-state index contributed by atoms with van der Waals surface area (Å²) in [5.41, 5.74) is 1.46. The first-order valence-electron chi connectivity index (χ1n) is 9.48. The quantitative estimate of drug-likeness (QED) is 0.647. The Balaban J connectivity index is 1.89. The van der Waals surface area contributed by atoms with E-state index >= 15 is 0 Å². The molecular formula is C22H23F4NO2. The minimum atomic E-state index is -4.45. The van der Waals surface area contributed by atoms with E-state index in [9.17, 15) is 27.5 Å². The van der Waals surface area contributed by atoms with Gasteiger partial charge in [0.2, 0.25) is 0 Å². The van der Waals surface area contributed by atoms with Crippen molar-refractivity contribution in [3.63, 3.8) is 0 Å². The maximum Gasteiger partial charge on any atom is 0.395 e. The molecule has 3 rings (SSSR count). The smallest absolute Gasteiger partial charge is 0.392 e. The number of nitrogens with one attached hydrogen (secondary N) is 1. The molecule has 0 bridgehead atoms. The van der Waals surface area contributed by atoms with Gasteiger partial charge in [0.1, 0.15) is 5.82 Å². The van der Waals surface area contributed by atoms with E-state index in [1.165, 1.54) is 24.3 Å². The van der Waals surface area contributed by atoms with Crippen LogP contribution in [0.3, 0.4) is 0 Å². The molecule has 2 atom stereocenters. The molecule has 3 nitrogen and oxygen atoms in total. The number of aryl methyl sites for hydroxylation is 1. The molecule has 0 aliphatic heterocycles. The molecule has 7 heteroatoms. The van der Waals surface area contributed by atoms with Crippen LogP contribution in [0.5, 0.6) is 0 Å². The van der Waals surface area contributed by atoms with Gasteiger partial charge in [-0.25, -0.2) is 4.39 Å². The maximum absolute atomic E-state index is 13.6. The lowest BCUT2D eigenvalue weighted by Gasteiger charge is -2.21. The molecule has 1 fully saturated rings. The van der Waals surface area contributed by atoms with Gasteiger partial charge in [-0.1, -0.05) is 18.2 Å². The van der Waals surface area contributed by atoms with Gasteiger partial charge in [-0.2, -0.15) is 13.2 Å². The van der Waals surface area contributed by atoms with Crippen molar-refractivity contribution < 1.29 is 27.5 Å². The number of hydrogen-bond acceptors (Lipinski definition) is 2. The molecule has 0 unspecified atom stereocenters. The summed E-state index contributed by atoms with van der Waals surface area (Å²) in [5, 5.41) is 12.3. The lowest BCUT2D eigenvalue weighted by Crippen LogP contribution is -2.30. The fraction of sp³-hybridized carbons (Fsp3) is 0.409. The van der Waals surface area contributed by atoms with E-state index < -0.39 is 24.6 Å². The third kappa shape index (κ3) is 4.96.